The second-order valence-electron chi connectivity index (χ2n) is 12.3. The third-order valence-corrected chi connectivity index (χ3v) is 9.66. The first-order valence-electron chi connectivity index (χ1n) is 16.3. The average Bonchev–Trinajstić information content (AvgIpc) is 3.70. The van der Waals surface area contributed by atoms with Crippen LogP contribution in [0.15, 0.2) is 152 Å². The van der Waals surface area contributed by atoms with Crippen molar-refractivity contribution in [3.63, 3.8) is 0 Å². The van der Waals surface area contributed by atoms with Gasteiger partial charge in [-0.05, 0) is 83.4 Å². The van der Waals surface area contributed by atoms with E-state index in [9.17, 15) is 15.8 Å². The van der Waals surface area contributed by atoms with Crippen molar-refractivity contribution in [3.8, 4) is 51.8 Å². The number of nitrogens with zero attached hydrogens (tertiary/aromatic N) is 5. The first-order chi connectivity index (χ1) is 24.7. The van der Waals surface area contributed by atoms with E-state index in [1.54, 1.807) is 12.1 Å². The number of benzene rings is 7. The summed E-state index contributed by atoms with van der Waals surface area (Å²) in [7, 11) is 0. The predicted octanol–water partition coefficient (Wildman–Crippen LogP) is 10.8. The smallest absolute Gasteiger partial charge is 0.0998 e. The maximum atomic E-state index is 10.3. The van der Waals surface area contributed by atoms with Gasteiger partial charge in [-0.3, -0.25) is 0 Å². The standard InChI is InChI=1S/C45H25N5/c46-26-29-15-24-41-38(25-29)45-34(28-48)8-6-14-43(45)50(41)42-13-5-7-33(27-47)44(42)32-18-16-30(17-19-32)31-20-22-35(23-21-31)49-39-11-3-1-9-36(39)37-10-2-4-12-40(37)49/h1-25H. The largest absolute Gasteiger partial charge is 0.309 e. The van der Waals surface area contributed by atoms with Crippen LogP contribution in [0.2, 0.25) is 0 Å². The van der Waals surface area contributed by atoms with Crippen LogP contribution in [0.5, 0.6) is 0 Å². The second kappa shape index (κ2) is 11.4. The Bertz CT molecular complexity index is 2890. The van der Waals surface area contributed by atoms with E-state index in [0.717, 1.165) is 55.4 Å². The highest BCUT2D eigenvalue weighted by molar-refractivity contribution is 6.13. The average molecular weight is 636 g/mol. The van der Waals surface area contributed by atoms with Gasteiger partial charge in [0.15, 0.2) is 0 Å². The number of fused-ring (bicyclic) bond motifs is 6. The van der Waals surface area contributed by atoms with Gasteiger partial charge >= 0.3 is 0 Å². The molecular formula is C45H25N5. The molecule has 2 aromatic heterocycles. The molecule has 0 amide bonds. The van der Waals surface area contributed by atoms with Crippen molar-refractivity contribution in [2.24, 2.45) is 0 Å². The Hall–Kier alpha value is -7.39. The number of hydrogen-bond acceptors (Lipinski definition) is 3. The molecule has 0 aliphatic carbocycles. The molecule has 0 atom stereocenters. The summed E-state index contributed by atoms with van der Waals surface area (Å²) in [6.45, 7) is 0. The maximum Gasteiger partial charge on any atom is 0.0998 e. The van der Waals surface area contributed by atoms with E-state index in [1.807, 2.05) is 42.5 Å². The number of para-hydroxylation sites is 2. The molecule has 7 aromatic carbocycles. The summed E-state index contributed by atoms with van der Waals surface area (Å²) < 4.78 is 4.41. The molecule has 0 spiro atoms. The SMILES string of the molecule is N#Cc1ccc2c(c1)c1c(C#N)cccc1n2-c1cccc(C#N)c1-c1ccc(-c2ccc(-n3c4ccccc4c4ccccc43)cc2)cc1. The van der Waals surface area contributed by atoms with Crippen molar-refractivity contribution >= 4 is 43.6 Å². The first kappa shape index (κ1) is 28.8. The third kappa shape index (κ3) is 4.31. The Morgan fingerprint density at radius 1 is 0.400 bits per heavy atom. The molecule has 5 heteroatoms. The van der Waals surface area contributed by atoms with E-state index in [2.05, 4.69) is 124 Å². The van der Waals surface area contributed by atoms with Crippen molar-refractivity contribution in [3.05, 3.63) is 168 Å². The zero-order chi connectivity index (χ0) is 33.8. The van der Waals surface area contributed by atoms with Crippen molar-refractivity contribution in [1.29, 1.82) is 15.8 Å². The maximum absolute atomic E-state index is 10.3. The Morgan fingerprint density at radius 2 is 0.960 bits per heavy atom. The summed E-state index contributed by atoms with van der Waals surface area (Å²) in [5.41, 5.74) is 11.4. The van der Waals surface area contributed by atoms with E-state index in [-0.39, 0.29) is 0 Å². The van der Waals surface area contributed by atoms with E-state index in [1.165, 1.54) is 21.8 Å². The lowest BCUT2D eigenvalue weighted by molar-refractivity contribution is 1.18. The molecular weight excluding hydrogens is 611 g/mol. The minimum atomic E-state index is 0.522. The lowest BCUT2D eigenvalue weighted by Gasteiger charge is -2.16. The molecule has 0 fully saturated rings. The van der Waals surface area contributed by atoms with Crippen LogP contribution in [-0.4, -0.2) is 9.13 Å². The van der Waals surface area contributed by atoms with Crippen molar-refractivity contribution in [2.45, 2.75) is 0 Å². The van der Waals surface area contributed by atoms with Crippen LogP contribution in [0, 0.1) is 34.0 Å². The minimum absolute atomic E-state index is 0.522. The van der Waals surface area contributed by atoms with Crippen LogP contribution >= 0.6 is 0 Å². The van der Waals surface area contributed by atoms with Gasteiger partial charge in [-0.15, -0.1) is 0 Å². The molecule has 9 aromatic rings. The molecule has 0 radical (unpaired) electrons. The monoisotopic (exact) mass is 635 g/mol. The second-order valence-corrected chi connectivity index (χ2v) is 12.3. The van der Waals surface area contributed by atoms with Crippen molar-refractivity contribution in [2.75, 3.05) is 0 Å². The van der Waals surface area contributed by atoms with E-state index in [4.69, 9.17) is 0 Å². The fourth-order valence-electron chi connectivity index (χ4n) is 7.45. The Balaban J connectivity index is 1.15. The van der Waals surface area contributed by atoms with Crippen LogP contribution in [0.4, 0.5) is 0 Å². The molecule has 0 aliphatic heterocycles. The Kier molecular flexibility index (Phi) is 6.56. The molecule has 0 aliphatic rings. The van der Waals surface area contributed by atoms with Gasteiger partial charge in [-0.2, -0.15) is 15.8 Å². The van der Waals surface area contributed by atoms with Gasteiger partial charge in [0.1, 0.15) is 0 Å². The fraction of sp³-hybridized carbons (Fsp3) is 0. The molecule has 5 nitrogen and oxygen atoms in total. The zero-order valence-corrected chi connectivity index (χ0v) is 26.7. The van der Waals surface area contributed by atoms with Gasteiger partial charge in [-0.25, -0.2) is 0 Å². The quantitative estimate of drug-likeness (QED) is 0.193. The fourth-order valence-corrected chi connectivity index (χ4v) is 7.45. The molecule has 0 saturated carbocycles. The van der Waals surface area contributed by atoms with Gasteiger partial charge < -0.3 is 9.13 Å². The number of rotatable bonds is 4. The van der Waals surface area contributed by atoms with Crippen molar-refractivity contribution in [1.82, 2.24) is 9.13 Å². The molecule has 0 saturated heterocycles. The molecule has 0 bridgehead atoms. The summed E-state index contributed by atoms with van der Waals surface area (Å²) in [5.74, 6) is 0. The van der Waals surface area contributed by atoms with Gasteiger partial charge in [0, 0.05) is 32.8 Å². The minimum Gasteiger partial charge on any atom is -0.309 e. The van der Waals surface area contributed by atoms with Crippen LogP contribution in [0.3, 0.4) is 0 Å². The van der Waals surface area contributed by atoms with E-state index in [0.29, 0.717) is 16.7 Å². The van der Waals surface area contributed by atoms with Crippen LogP contribution in [-0.2, 0) is 0 Å². The topological polar surface area (TPSA) is 81.2 Å². The zero-order valence-electron chi connectivity index (χ0n) is 26.7. The highest BCUT2D eigenvalue weighted by Crippen LogP contribution is 2.40. The first-order valence-corrected chi connectivity index (χ1v) is 16.3. The molecule has 50 heavy (non-hydrogen) atoms. The van der Waals surface area contributed by atoms with E-state index < -0.39 is 0 Å². The lowest BCUT2D eigenvalue weighted by Crippen LogP contribution is -1.99. The van der Waals surface area contributed by atoms with Crippen molar-refractivity contribution < 1.29 is 0 Å². The number of hydrogen-bond donors (Lipinski definition) is 0. The van der Waals surface area contributed by atoms with Gasteiger partial charge in [0.25, 0.3) is 0 Å². The lowest BCUT2D eigenvalue weighted by atomic mass is 9.95. The molecule has 9 rings (SSSR count). The molecule has 0 unspecified atom stereocenters. The Morgan fingerprint density at radius 3 is 1.62 bits per heavy atom. The van der Waals surface area contributed by atoms with E-state index >= 15 is 0 Å². The molecule has 230 valence electrons. The number of nitriles is 3. The summed E-state index contributed by atoms with van der Waals surface area (Å²) >= 11 is 0. The normalized spacial score (nSPS) is 11.1. The predicted molar refractivity (Wildman–Crippen MR) is 200 cm³/mol. The van der Waals surface area contributed by atoms with Gasteiger partial charge in [-0.1, -0.05) is 84.9 Å². The highest BCUT2D eigenvalue weighted by atomic mass is 15.0. The summed E-state index contributed by atoms with van der Waals surface area (Å²) in [5, 5.41) is 34.1. The van der Waals surface area contributed by atoms with Crippen LogP contribution in [0.25, 0.3) is 77.2 Å². The van der Waals surface area contributed by atoms with Gasteiger partial charge in [0.2, 0.25) is 0 Å². The van der Waals surface area contributed by atoms with Crippen LogP contribution < -0.4 is 0 Å². The number of aromatic nitrogens is 2. The summed E-state index contributed by atoms with van der Waals surface area (Å²) in [6, 6.07) is 57.9. The third-order valence-electron chi connectivity index (χ3n) is 9.66. The highest BCUT2D eigenvalue weighted by Gasteiger charge is 2.20. The summed E-state index contributed by atoms with van der Waals surface area (Å²) in [6.07, 6.45) is 0. The molecule has 2 heterocycles. The molecule has 0 N–H and O–H groups in total. The van der Waals surface area contributed by atoms with Crippen LogP contribution in [0.1, 0.15) is 16.7 Å². The Labute approximate surface area is 287 Å². The summed E-state index contributed by atoms with van der Waals surface area (Å²) in [4.78, 5) is 0. The van der Waals surface area contributed by atoms with Gasteiger partial charge in [0.05, 0.1) is 62.7 Å².